The fourth-order valence-corrected chi connectivity index (χ4v) is 1.46. The topological polar surface area (TPSA) is 62.7 Å². The predicted octanol–water partition coefficient (Wildman–Crippen LogP) is 2.41. The van der Waals surface area contributed by atoms with E-state index in [1.807, 2.05) is 0 Å². The molecule has 0 amide bonds. The molecule has 0 aliphatic heterocycles. The van der Waals surface area contributed by atoms with E-state index in [1.165, 1.54) is 0 Å². The number of nitriles is 1. The Labute approximate surface area is 88.5 Å². The third-order valence-electron chi connectivity index (χ3n) is 2.02. The van der Waals surface area contributed by atoms with E-state index < -0.39 is 0 Å². The molecule has 0 radical (unpaired) electrons. The van der Waals surface area contributed by atoms with Crippen LogP contribution in [0.15, 0.2) is 12.3 Å². The first-order valence-corrected chi connectivity index (χ1v) is 4.88. The first-order valence-electron chi connectivity index (χ1n) is 4.50. The summed E-state index contributed by atoms with van der Waals surface area (Å²) in [5, 5.41) is 9.20. The summed E-state index contributed by atoms with van der Waals surface area (Å²) in [6, 6.07) is 3.49. The summed E-state index contributed by atoms with van der Waals surface area (Å²) in [6.07, 6.45) is 3.41. The second-order valence-corrected chi connectivity index (χ2v) is 3.49. The van der Waals surface area contributed by atoms with Crippen molar-refractivity contribution in [2.45, 2.75) is 25.8 Å². The molecule has 0 aromatic carbocycles. The van der Waals surface area contributed by atoms with Crippen LogP contribution in [0.3, 0.4) is 0 Å². The maximum atomic E-state index is 8.87. The average molecular weight is 210 g/mol. The average Bonchev–Trinajstić information content (AvgIpc) is 2.17. The molecule has 1 atom stereocenters. The summed E-state index contributed by atoms with van der Waals surface area (Å²) < 4.78 is 0. The maximum Gasteiger partial charge on any atom is 0.130 e. The highest BCUT2D eigenvalue weighted by Gasteiger charge is 2.11. The van der Waals surface area contributed by atoms with Crippen LogP contribution in [0.4, 0.5) is 0 Å². The maximum absolute atomic E-state index is 8.87. The molecule has 0 bridgehead atoms. The molecule has 14 heavy (non-hydrogen) atoms. The van der Waals surface area contributed by atoms with Gasteiger partial charge in [0.05, 0.1) is 11.6 Å². The highest BCUT2D eigenvalue weighted by molar-refractivity contribution is 6.29. The second kappa shape index (κ2) is 4.94. The van der Waals surface area contributed by atoms with E-state index in [0.29, 0.717) is 10.7 Å². The Balaban J connectivity index is 3.03. The van der Waals surface area contributed by atoms with Gasteiger partial charge in [0.2, 0.25) is 0 Å². The lowest BCUT2D eigenvalue weighted by Crippen LogP contribution is -2.11. The molecule has 74 valence electrons. The van der Waals surface area contributed by atoms with Crippen molar-refractivity contribution in [3.05, 3.63) is 28.5 Å². The molecule has 0 fully saturated rings. The number of rotatable bonds is 3. The molecule has 1 aromatic rings. The van der Waals surface area contributed by atoms with Crippen molar-refractivity contribution >= 4 is 11.6 Å². The Bertz CT molecular complexity index is 357. The van der Waals surface area contributed by atoms with Gasteiger partial charge in [-0.2, -0.15) is 5.26 Å². The summed E-state index contributed by atoms with van der Waals surface area (Å²) in [4.78, 5) is 3.93. The Hall–Kier alpha value is -1.11. The van der Waals surface area contributed by atoms with Crippen LogP contribution in [0.25, 0.3) is 0 Å². The van der Waals surface area contributed by atoms with Gasteiger partial charge in [-0.25, -0.2) is 4.98 Å². The van der Waals surface area contributed by atoms with Gasteiger partial charge in [0.1, 0.15) is 5.15 Å². The quantitative estimate of drug-likeness (QED) is 0.778. The molecule has 1 aromatic heterocycles. The van der Waals surface area contributed by atoms with Crippen molar-refractivity contribution in [2.24, 2.45) is 5.73 Å². The molecular weight excluding hydrogens is 198 g/mol. The van der Waals surface area contributed by atoms with Gasteiger partial charge in [-0.15, -0.1) is 0 Å². The number of aromatic nitrogens is 1. The van der Waals surface area contributed by atoms with Crippen molar-refractivity contribution < 1.29 is 0 Å². The summed E-state index contributed by atoms with van der Waals surface area (Å²) in [5.74, 6) is 0. The first-order chi connectivity index (χ1) is 6.69. The van der Waals surface area contributed by atoms with Crippen molar-refractivity contribution in [2.75, 3.05) is 0 Å². The third-order valence-corrected chi connectivity index (χ3v) is 2.23. The van der Waals surface area contributed by atoms with Gasteiger partial charge >= 0.3 is 0 Å². The molecule has 1 rings (SSSR count). The number of nitrogens with zero attached hydrogens (tertiary/aromatic N) is 2. The fraction of sp³-hybridized carbons (Fsp3) is 0.400. The second-order valence-electron chi connectivity index (χ2n) is 3.10. The number of pyridine rings is 1. The highest BCUT2D eigenvalue weighted by Crippen LogP contribution is 2.20. The van der Waals surface area contributed by atoms with E-state index in [1.54, 1.807) is 12.3 Å². The molecule has 3 nitrogen and oxygen atoms in total. The monoisotopic (exact) mass is 209 g/mol. The Morgan fingerprint density at radius 3 is 3.00 bits per heavy atom. The SMILES string of the molecule is CCC[C@H](N)c1cnc(Cl)cc1C#N. The van der Waals surface area contributed by atoms with Gasteiger partial charge in [0.15, 0.2) is 0 Å². The van der Waals surface area contributed by atoms with Gasteiger partial charge in [-0.3, -0.25) is 0 Å². The predicted molar refractivity (Wildman–Crippen MR) is 55.8 cm³/mol. The van der Waals surface area contributed by atoms with Gasteiger partial charge in [0, 0.05) is 17.8 Å². The standard InChI is InChI=1S/C10H12ClN3/c1-2-3-9(13)8-6-14-10(11)4-7(8)5-12/h4,6,9H,2-3,13H2,1H3/t9-/m0/s1. The Morgan fingerprint density at radius 2 is 2.43 bits per heavy atom. The van der Waals surface area contributed by atoms with Crippen LogP contribution in [0.1, 0.15) is 36.9 Å². The number of nitrogens with two attached hydrogens (primary N) is 1. The van der Waals surface area contributed by atoms with Crippen LogP contribution in [-0.4, -0.2) is 4.98 Å². The van der Waals surface area contributed by atoms with Crippen molar-refractivity contribution in [1.29, 1.82) is 5.26 Å². The third kappa shape index (κ3) is 2.44. The molecule has 0 unspecified atom stereocenters. The van der Waals surface area contributed by atoms with Gasteiger partial charge in [-0.1, -0.05) is 24.9 Å². The number of hydrogen-bond donors (Lipinski definition) is 1. The lowest BCUT2D eigenvalue weighted by Gasteiger charge is -2.11. The van der Waals surface area contributed by atoms with Crippen LogP contribution in [-0.2, 0) is 0 Å². The zero-order valence-corrected chi connectivity index (χ0v) is 8.75. The van der Waals surface area contributed by atoms with Crippen LogP contribution in [0.2, 0.25) is 5.15 Å². The lowest BCUT2D eigenvalue weighted by atomic mass is 10.0. The molecule has 2 N–H and O–H groups in total. The van der Waals surface area contributed by atoms with Crippen molar-refractivity contribution in [1.82, 2.24) is 4.98 Å². The molecule has 0 spiro atoms. The van der Waals surface area contributed by atoms with Crippen LogP contribution in [0, 0.1) is 11.3 Å². The summed E-state index contributed by atoms with van der Waals surface area (Å²) in [6.45, 7) is 2.05. The lowest BCUT2D eigenvalue weighted by molar-refractivity contribution is 0.635. The van der Waals surface area contributed by atoms with Gasteiger partial charge in [-0.05, 0) is 12.5 Å². The molecule has 1 heterocycles. The largest absolute Gasteiger partial charge is 0.324 e. The molecular formula is C10H12ClN3. The van der Waals surface area contributed by atoms with E-state index >= 15 is 0 Å². The van der Waals surface area contributed by atoms with Crippen LogP contribution in [0.5, 0.6) is 0 Å². The summed E-state index contributed by atoms with van der Waals surface area (Å²) in [5.41, 5.74) is 7.19. The molecule has 0 aliphatic rings. The minimum absolute atomic E-state index is 0.126. The Morgan fingerprint density at radius 1 is 1.71 bits per heavy atom. The van der Waals surface area contributed by atoms with E-state index in [4.69, 9.17) is 22.6 Å². The van der Waals surface area contributed by atoms with Crippen LogP contribution >= 0.6 is 11.6 Å². The molecule has 4 heteroatoms. The van der Waals surface area contributed by atoms with Gasteiger partial charge in [0.25, 0.3) is 0 Å². The van der Waals surface area contributed by atoms with Gasteiger partial charge < -0.3 is 5.73 Å². The van der Waals surface area contributed by atoms with Crippen molar-refractivity contribution in [3.8, 4) is 6.07 Å². The molecule has 0 aliphatic carbocycles. The Kier molecular flexibility index (Phi) is 3.87. The summed E-state index contributed by atoms with van der Waals surface area (Å²) >= 11 is 5.67. The zero-order valence-electron chi connectivity index (χ0n) is 8.00. The molecule has 0 saturated carbocycles. The normalized spacial score (nSPS) is 12.1. The van der Waals surface area contributed by atoms with Crippen LogP contribution < -0.4 is 5.73 Å². The fourth-order valence-electron chi connectivity index (χ4n) is 1.30. The van der Waals surface area contributed by atoms with E-state index in [2.05, 4.69) is 18.0 Å². The van der Waals surface area contributed by atoms with Crippen molar-refractivity contribution in [3.63, 3.8) is 0 Å². The van der Waals surface area contributed by atoms with E-state index in [9.17, 15) is 0 Å². The highest BCUT2D eigenvalue weighted by atomic mass is 35.5. The van der Waals surface area contributed by atoms with E-state index in [-0.39, 0.29) is 6.04 Å². The minimum Gasteiger partial charge on any atom is -0.324 e. The number of hydrogen-bond acceptors (Lipinski definition) is 3. The first kappa shape index (κ1) is 11.0. The zero-order chi connectivity index (χ0) is 10.6. The summed E-state index contributed by atoms with van der Waals surface area (Å²) in [7, 11) is 0. The van der Waals surface area contributed by atoms with E-state index in [0.717, 1.165) is 18.4 Å². The minimum atomic E-state index is -0.126. The molecule has 0 saturated heterocycles. The number of halogens is 1. The smallest absolute Gasteiger partial charge is 0.130 e.